The van der Waals surface area contributed by atoms with Gasteiger partial charge in [0.1, 0.15) is 11.6 Å². The summed E-state index contributed by atoms with van der Waals surface area (Å²) in [5.74, 6) is -0.245. The number of halogens is 1. The molecule has 0 unspecified atom stereocenters. The van der Waals surface area contributed by atoms with E-state index in [1.54, 1.807) is 26.2 Å². The number of amides is 1. The van der Waals surface area contributed by atoms with Gasteiger partial charge in [0, 0.05) is 23.4 Å². The molecule has 1 amide bonds. The summed E-state index contributed by atoms with van der Waals surface area (Å²) in [7, 11) is 1.40. The number of methoxy groups -OCH3 is 1. The first-order chi connectivity index (χ1) is 16.1. The first kappa shape index (κ1) is 25.2. The molecule has 0 spiro atoms. The molecule has 34 heavy (non-hydrogen) atoms. The van der Waals surface area contributed by atoms with Gasteiger partial charge in [0.25, 0.3) is 15.9 Å². The monoisotopic (exact) mass is 485 g/mol. The molecule has 0 aliphatic heterocycles. The van der Waals surface area contributed by atoms with Gasteiger partial charge in [-0.05, 0) is 63.0 Å². The van der Waals surface area contributed by atoms with E-state index < -0.39 is 15.8 Å². The number of ether oxygens (including phenoxy) is 1. The fraction of sp³-hybridized carbons (Fsp3) is 0.240. The number of anilines is 1. The Morgan fingerprint density at radius 1 is 1.06 bits per heavy atom. The Morgan fingerprint density at radius 3 is 2.47 bits per heavy atom. The van der Waals surface area contributed by atoms with E-state index in [0.29, 0.717) is 12.1 Å². The summed E-state index contributed by atoms with van der Waals surface area (Å²) in [4.78, 5) is 14.6. The van der Waals surface area contributed by atoms with Gasteiger partial charge in [0.15, 0.2) is 0 Å². The number of hydrogen-bond donors (Lipinski definition) is 2. The van der Waals surface area contributed by atoms with Crippen molar-refractivity contribution in [1.29, 1.82) is 0 Å². The van der Waals surface area contributed by atoms with Gasteiger partial charge in [-0.1, -0.05) is 30.3 Å². The van der Waals surface area contributed by atoms with Crippen molar-refractivity contribution < 1.29 is 22.3 Å². The maximum Gasteiger partial charge on any atom is 0.261 e. The molecule has 0 saturated carbocycles. The Bertz CT molecular complexity index is 1280. The van der Waals surface area contributed by atoms with Crippen LogP contribution in [0.2, 0.25) is 0 Å². The van der Waals surface area contributed by atoms with Crippen LogP contribution >= 0.6 is 0 Å². The van der Waals surface area contributed by atoms with E-state index in [9.17, 15) is 17.6 Å². The van der Waals surface area contributed by atoms with Crippen LogP contribution in [-0.2, 0) is 10.0 Å². The molecule has 7 nitrogen and oxygen atoms in total. The number of carbonyl (C=O) groups is 1. The second-order valence-corrected chi connectivity index (χ2v) is 9.71. The van der Waals surface area contributed by atoms with Gasteiger partial charge in [-0.2, -0.15) is 0 Å². The molecule has 0 bridgehead atoms. The summed E-state index contributed by atoms with van der Waals surface area (Å²) in [5, 5.41) is 2.90. The number of hydrogen-bond acceptors (Lipinski definition) is 5. The third-order valence-corrected chi connectivity index (χ3v) is 6.79. The highest BCUT2D eigenvalue weighted by atomic mass is 32.2. The molecule has 0 fully saturated rings. The van der Waals surface area contributed by atoms with E-state index in [1.165, 1.54) is 24.3 Å². The first-order valence-corrected chi connectivity index (χ1v) is 12.1. The topological polar surface area (TPSA) is 87.7 Å². The Morgan fingerprint density at radius 2 is 1.79 bits per heavy atom. The zero-order chi connectivity index (χ0) is 24.9. The normalized spacial score (nSPS) is 12.3. The van der Waals surface area contributed by atoms with Crippen molar-refractivity contribution in [3.8, 4) is 5.75 Å². The highest BCUT2D eigenvalue weighted by Gasteiger charge is 2.20. The second kappa shape index (κ2) is 10.7. The smallest absolute Gasteiger partial charge is 0.261 e. The molecule has 1 atom stereocenters. The van der Waals surface area contributed by atoms with Gasteiger partial charge in [-0.3, -0.25) is 9.52 Å². The molecule has 9 heteroatoms. The van der Waals surface area contributed by atoms with Crippen LogP contribution in [0.25, 0.3) is 0 Å². The van der Waals surface area contributed by atoms with E-state index in [4.69, 9.17) is 4.74 Å². The number of benzene rings is 3. The molecule has 0 saturated heterocycles. The Hall–Kier alpha value is -3.43. The van der Waals surface area contributed by atoms with E-state index in [2.05, 4.69) is 10.0 Å². The third kappa shape index (κ3) is 5.92. The van der Waals surface area contributed by atoms with Crippen LogP contribution in [-0.4, -0.2) is 47.0 Å². The van der Waals surface area contributed by atoms with Gasteiger partial charge >= 0.3 is 0 Å². The highest BCUT2D eigenvalue weighted by molar-refractivity contribution is 7.92. The quantitative estimate of drug-likeness (QED) is 0.479. The van der Waals surface area contributed by atoms with Crippen molar-refractivity contribution in [2.45, 2.75) is 17.9 Å². The fourth-order valence-electron chi connectivity index (χ4n) is 3.48. The molecule has 3 aromatic carbocycles. The molecule has 180 valence electrons. The number of nitrogens with one attached hydrogen (secondary N) is 2. The van der Waals surface area contributed by atoms with Crippen LogP contribution in [0.5, 0.6) is 5.75 Å². The van der Waals surface area contributed by atoms with E-state index >= 15 is 0 Å². The van der Waals surface area contributed by atoms with Crippen LogP contribution in [0.3, 0.4) is 0 Å². The second-order valence-electron chi connectivity index (χ2n) is 8.03. The van der Waals surface area contributed by atoms with Crippen molar-refractivity contribution in [2.75, 3.05) is 32.5 Å². The molecule has 0 radical (unpaired) electrons. The van der Waals surface area contributed by atoms with Gasteiger partial charge in [0.2, 0.25) is 0 Å². The standard InChI is InChI=1S/C25H28FN3O4S/c1-17-12-13-20(15-22(17)26)34(31,32)28-19-9-7-8-18(14-19)25(30)27-16-23(29(2)3)21-10-5-6-11-24(21)33-4/h5-15,23,28H,16H2,1-4H3,(H,27,30)/t23-/m1/s1. The maximum atomic E-state index is 13.8. The molecule has 0 aliphatic rings. The molecule has 0 aliphatic carbocycles. The molecule has 2 N–H and O–H groups in total. The number of nitrogens with zero attached hydrogens (tertiary/aromatic N) is 1. The van der Waals surface area contributed by atoms with Crippen LogP contribution in [0.1, 0.15) is 27.5 Å². The van der Waals surface area contributed by atoms with Crippen molar-refractivity contribution in [3.05, 3.63) is 89.2 Å². The third-order valence-electron chi connectivity index (χ3n) is 5.41. The summed E-state index contributed by atoms with van der Waals surface area (Å²) in [6.45, 7) is 1.86. The number of rotatable bonds is 9. The van der Waals surface area contributed by atoms with Gasteiger partial charge in [-0.15, -0.1) is 0 Å². The van der Waals surface area contributed by atoms with E-state index in [1.807, 2.05) is 43.3 Å². The van der Waals surface area contributed by atoms with Gasteiger partial charge in [0.05, 0.1) is 18.0 Å². The summed E-state index contributed by atoms with van der Waals surface area (Å²) in [5.41, 5.74) is 1.76. The fourth-order valence-corrected chi connectivity index (χ4v) is 4.54. The zero-order valence-corrected chi connectivity index (χ0v) is 20.3. The number of carbonyl (C=O) groups excluding carboxylic acids is 1. The maximum absolute atomic E-state index is 13.8. The number of likely N-dealkylation sites (N-methyl/N-ethyl adjacent to an activating group) is 1. The minimum atomic E-state index is -4.02. The van der Waals surface area contributed by atoms with Crippen LogP contribution in [0.4, 0.5) is 10.1 Å². The minimum Gasteiger partial charge on any atom is -0.496 e. The first-order valence-electron chi connectivity index (χ1n) is 10.6. The molecule has 0 heterocycles. The van der Waals surface area contributed by atoms with Crippen LogP contribution in [0, 0.1) is 12.7 Å². The number of sulfonamides is 1. The summed E-state index contributed by atoms with van der Waals surface area (Å²) in [6, 6.07) is 17.3. The zero-order valence-electron chi connectivity index (χ0n) is 19.5. The Kier molecular flexibility index (Phi) is 7.90. The van der Waals surface area contributed by atoms with Crippen LogP contribution in [0.15, 0.2) is 71.6 Å². The SMILES string of the molecule is COc1ccccc1[C@@H](CNC(=O)c1cccc(NS(=O)(=O)c2ccc(C)c(F)c2)c1)N(C)C. The Balaban J connectivity index is 1.74. The number of aryl methyl sites for hydroxylation is 1. The average Bonchev–Trinajstić information content (AvgIpc) is 2.80. The summed E-state index contributed by atoms with van der Waals surface area (Å²) < 4.78 is 47.0. The van der Waals surface area contributed by atoms with Gasteiger partial charge in [-0.25, -0.2) is 12.8 Å². The summed E-state index contributed by atoms with van der Waals surface area (Å²) >= 11 is 0. The largest absolute Gasteiger partial charge is 0.496 e. The van der Waals surface area contributed by atoms with E-state index in [-0.39, 0.29) is 28.1 Å². The number of para-hydroxylation sites is 1. The lowest BCUT2D eigenvalue weighted by Crippen LogP contribution is -2.34. The molecular formula is C25H28FN3O4S. The van der Waals surface area contributed by atoms with Crippen molar-refractivity contribution in [1.82, 2.24) is 10.2 Å². The lowest BCUT2D eigenvalue weighted by molar-refractivity contribution is 0.0941. The minimum absolute atomic E-state index is 0.141. The van der Waals surface area contributed by atoms with Crippen molar-refractivity contribution in [2.24, 2.45) is 0 Å². The predicted molar refractivity (Wildman–Crippen MR) is 130 cm³/mol. The lowest BCUT2D eigenvalue weighted by Gasteiger charge is -2.26. The summed E-state index contributed by atoms with van der Waals surface area (Å²) in [6.07, 6.45) is 0. The average molecular weight is 486 g/mol. The lowest BCUT2D eigenvalue weighted by atomic mass is 10.0. The Labute approximate surface area is 199 Å². The van der Waals surface area contributed by atoms with Gasteiger partial charge < -0.3 is 15.0 Å². The predicted octanol–water partition coefficient (Wildman–Crippen LogP) is 3.98. The molecule has 3 aromatic rings. The van der Waals surface area contributed by atoms with Crippen molar-refractivity contribution >= 4 is 21.6 Å². The molecular weight excluding hydrogens is 457 g/mol. The highest BCUT2D eigenvalue weighted by Crippen LogP contribution is 2.27. The molecule has 3 rings (SSSR count). The van der Waals surface area contributed by atoms with Crippen molar-refractivity contribution in [3.63, 3.8) is 0 Å². The molecule has 0 aromatic heterocycles. The van der Waals surface area contributed by atoms with E-state index in [0.717, 1.165) is 17.4 Å². The van der Waals surface area contributed by atoms with Crippen LogP contribution < -0.4 is 14.8 Å².